The van der Waals surface area contributed by atoms with Gasteiger partial charge in [0, 0.05) is 9.77 Å². The zero-order valence-electron chi connectivity index (χ0n) is 8.75. The van der Waals surface area contributed by atoms with Crippen molar-refractivity contribution in [3.63, 3.8) is 0 Å². The van der Waals surface area contributed by atoms with Crippen molar-refractivity contribution in [1.82, 2.24) is 4.98 Å². The fourth-order valence-electron chi connectivity index (χ4n) is 1.46. The van der Waals surface area contributed by atoms with Gasteiger partial charge in [-0.15, -0.1) is 0 Å². The molecule has 2 rings (SSSR count). The van der Waals surface area contributed by atoms with E-state index in [1.165, 1.54) is 28.7 Å². The molecule has 0 aliphatic rings. The number of halogens is 7. The van der Waals surface area contributed by atoms with Crippen LogP contribution in [0.2, 0.25) is 0 Å². The quantitative estimate of drug-likeness (QED) is 0.235. The summed E-state index contributed by atoms with van der Waals surface area (Å²) in [6, 6.07) is 1.18. The van der Waals surface area contributed by atoms with Gasteiger partial charge in [0.05, 0.1) is 11.1 Å². The van der Waals surface area contributed by atoms with Crippen molar-refractivity contribution in [2.24, 2.45) is 0 Å². The van der Waals surface area contributed by atoms with Crippen LogP contribution in [0.5, 0.6) is 0 Å². The Morgan fingerprint density at radius 1 is 0.737 bits per heavy atom. The molecule has 0 spiro atoms. The summed E-state index contributed by atoms with van der Waals surface area (Å²) in [4.78, 5) is 3.14. The number of hydrogen-bond donors (Lipinski definition) is 0. The van der Waals surface area contributed by atoms with Gasteiger partial charge in [-0.05, 0) is 28.7 Å². The maximum absolute atomic E-state index is 13.5. The van der Waals surface area contributed by atoms with Gasteiger partial charge in [0.15, 0.2) is 23.3 Å². The van der Waals surface area contributed by atoms with E-state index in [-0.39, 0.29) is 3.57 Å². The molecule has 8 heteroatoms. The molecule has 0 unspecified atom stereocenters. The van der Waals surface area contributed by atoms with E-state index in [1.54, 1.807) is 0 Å². The van der Waals surface area contributed by atoms with Crippen LogP contribution in [0.3, 0.4) is 0 Å². The molecule has 1 aromatic heterocycles. The first-order valence-electron chi connectivity index (χ1n) is 4.68. The highest BCUT2D eigenvalue weighted by Crippen LogP contribution is 2.34. The molecule has 0 N–H and O–H groups in total. The average Bonchev–Trinajstić information content (AvgIpc) is 2.37. The van der Waals surface area contributed by atoms with Gasteiger partial charge in [0.1, 0.15) is 0 Å². The maximum Gasteiger partial charge on any atom is 0.222 e. The highest BCUT2D eigenvalue weighted by Gasteiger charge is 2.29. The summed E-state index contributed by atoms with van der Waals surface area (Å²) < 4.78 is 79.5. The van der Waals surface area contributed by atoms with E-state index in [4.69, 9.17) is 0 Å². The third-order valence-electron chi connectivity index (χ3n) is 2.31. The fourth-order valence-corrected chi connectivity index (χ4v) is 2.11. The van der Waals surface area contributed by atoms with Crippen LogP contribution >= 0.6 is 22.6 Å². The molecule has 0 aliphatic carbocycles. The van der Waals surface area contributed by atoms with Crippen LogP contribution in [-0.4, -0.2) is 4.98 Å². The molecule has 0 radical (unpaired) electrons. The Morgan fingerprint density at radius 3 is 1.68 bits per heavy atom. The van der Waals surface area contributed by atoms with E-state index in [2.05, 4.69) is 4.98 Å². The smallest absolute Gasteiger partial charge is 0.222 e. The predicted molar refractivity (Wildman–Crippen MR) is 62.1 cm³/mol. The molecule has 1 heterocycles. The van der Waals surface area contributed by atoms with Gasteiger partial charge in [-0.25, -0.2) is 26.9 Å². The van der Waals surface area contributed by atoms with Crippen LogP contribution in [0, 0.1) is 38.6 Å². The summed E-state index contributed by atoms with van der Waals surface area (Å²) in [5.41, 5.74) is -2.10. The normalized spacial score (nSPS) is 10.9. The van der Waals surface area contributed by atoms with E-state index in [1.807, 2.05) is 0 Å². The second kappa shape index (κ2) is 4.99. The summed E-state index contributed by atoms with van der Waals surface area (Å²) in [5.74, 6) is -12.1. The third-order valence-corrected chi connectivity index (χ3v) is 3.21. The molecule has 0 fully saturated rings. The number of aromatic nitrogens is 1. The zero-order chi connectivity index (χ0) is 14.3. The Bertz CT molecular complexity index is 623. The lowest BCUT2D eigenvalue weighted by atomic mass is 10.1. The fraction of sp³-hybridized carbons (Fsp3) is 0. The molecule has 100 valence electrons. The summed E-state index contributed by atoms with van der Waals surface area (Å²) in [5, 5.41) is 0. The van der Waals surface area contributed by atoms with E-state index in [0.717, 1.165) is 6.20 Å². The monoisotopic (exact) mass is 389 g/mol. The van der Waals surface area contributed by atoms with Gasteiger partial charge in [-0.3, -0.25) is 0 Å². The minimum atomic E-state index is -2.29. The van der Waals surface area contributed by atoms with Crippen molar-refractivity contribution in [1.29, 1.82) is 0 Å². The second-order valence-electron chi connectivity index (χ2n) is 3.40. The number of rotatable bonds is 1. The Kier molecular flexibility index (Phi) is 3.70. The minimum Gasteiger partial charge on any atom is -0.228 e. The average molecular weight is 389 g/mol. The molecule has 0 atom stereocenters. The molecule has 1 nitrogen and oxygen atoms in total. The van der Waals surface area contributed by atoms with Crippen LogP contribution in [0.4, 0.5) is 26.3 Å². The predicted octanol–water partition coefficient (Wildman–Crippen LogP) is 4.19. The van der Waals surface area contributed by atoms with E-state index in [0.29, 0.717) is 0 Å². The highest BCUT2D eigenvalue weighted by atomic mass is 127. The Balaban J connectivity index is 2.92. The Morgan fingerprint density at radius 2 is 1.21 bits per heavy atom. The first-order valence-corrected chi connectivity index (χ1v) is 5.76. The van der Waals surface area contributed by atoms with Gasteiger partial charge in [0.2, 0.25) is 11.8 Å². The number of nitrogens with zero attached hydrogens (tertiary/aromatic N) is 1. The topological polar surface area (TPSA) is 12.9 Å². The van der Waals surface area contributed by atoms with Gasteiger partial charge < -0.3 is 0 Å². The van der Waals surface area contributed by atoms with Gasteiger partial charge in [0.25, 0.3) is 0 Å². The molecule has 1 aromatic carbocycles. The molecule has 0 bridgehead atoms. The van der Waals surface area contributed by atoms with Crippen LogP contribution in [-0.2, 0) is 0 Å². The highest BCUT2D eigenvalue weighted by molar-refractivity contribution is 14.1. The van der Waals surface area contributed by atoms with Crippen molar-refractivity contribution < 1.29 is 26.3 Å². The van der Waals surface area contributed by atoms with E-state index >= 15 is 0 Å². The van der Waals surface area contributed by atoms with Crippen LogP contribution in [0.15, 0.2) is 12.3 Å². The molecular weight excluding hydrogens is 387 g/mol. The summed E-state index contributed by atoms with van der Waals surface area (Å²) in [6.07, 6.45) is 1.01. The lowest BCUT2D eigenvalue weighted by Gasteiger charge is -2.10. The standard InChI is InChI=1S/C11H2F6IN/c12-6-5(4-3(18)1-2-19-11(4)17)7(13)9(15)10(16)8(6)14/h1-2H. The SMILES string of the molecule is Fc1nccc(I)c1-c1c(F)c(F)c(F)c(F)c1F. The van der Waals surface area contributed by atoms with Crippen LogP contribution in [0.1, 0.15) is 0 Å². The summed E-state index contributed by atoms with van der Waals surface area (Å²) in [6.45, 7) is 0. The molecule has 2 aromatic rings. The summed E-state index contributed by atoms with van der Waals surface area (Å²) >= 11 is 1.50. The van der Waals surface area contributed by atoms with E-state index < -0.39 is 46.2 Å². The first-order chi connectivity index (χ1) is 8.86. The van der Waals surface area contributed by atoms with Crippen molar-refractivity contribution in [3.05, 3.63) is 50.9 Å². The van der Waals surface area contributed by atoms with Gasteiger partial charge >= 0.3 is 0 Å². The largest absolute Gasteiger partial charge is 0.228 e. The van der Waals surface area contributed by atoms with Gasteiger partial charge in [-0.2, -0.15) is 4.39 Å². The van der Waals surface area contributed by atoms with Crippen molar-refractivity contribution >= 4 is 22.6 Å². The van der Waals surface area contributed by atoms with Gasteiger partial charge in [-0.1, -0.05) is 0 Å². The van der Waals surface area contributed by atoms with Crippen LogP contribution < -0.4 is 0 Å². The lowest BCUT2D eigenvalue weighted by molar-refractivity contribution is 0.380. The van der Waals surface area contributed by atoms with Crippen molar-refractivity contribution in [2.45, 2.75) is 0 Å². The zero-order valence-corrected chi connectivity index (χ0v) is 10.9. The third kappa shape index (κ3) is 2.17. The second-order valence-corrected chi connectivity index (χ2v) is 4.57. The molecule has 0 amide bonds. The van der Waals surface area contributed by atoms with Crippen molar-refractivity contribution in [2.75, 3.05) is 0 Å². The number of hydrogen-bond acceptors (Lipinski definition) is 1. The van der Waals surface area contributed by atoms with Crippen molar-refractivity contribution in [3.8, 4) is 11.1 Å². The molecule has 0 saturated carbocycles. The Labute approximate surface area is 116 Å². The maximum atomic E-state index is 13.5. The Hall–Kier alpha value is -1.32. The van der Waals surface area contributed by atoms with Crippen LogP contribution in [0.25, 0.3) is 11.1 Å². The molecule has 0 saturated heterocycles. The molecule has 0 aliphatic heterocycles. The molecule has 19 heavy (non-hydrogen) atoms. The summed E-state index contributed by atoms with van der Waals surface area (Å²) in [7, 11) is 0. The number of benzene rings is 1. The minimum absolute atomic E-state index is 0.0340. The first kappa shape index (κ1) is 14.1. The molecular formula is C11H2F6IN. The van der Waals surface area contributed by atoms with E-state index in [9.17, 15) is 26.3 Å². The lowest BCUT2D eigenvalue weighted by Crippen LogP contribution is -2.06. The number of pyridine rings is 1.